The zero-order valence-corrected chi connectivity index (χ0v) is 13.4. The fourth-order valence-corrected chi connectivity index (χ4v) is 3.26. The number of carbonyl (C=O) groups excluding carboxylic acids is 1. The lowest BCUT2D eigenvalue weighted by Crippen LogP contribution is -2.31. The van der Waals surface area contributed by atoms with Gasteiger partial charge in [-0.3, -0.25) is 4.57 Å². The van der Waals surface area contributed by atoms with Gasteiger partial charge in [0.2, 0.25) is 0 Å². The molecular formula is C14H21O6P. The number of esters is 1. The second kappa shape index (κ2) is 8.82. The number of para-hydroxylation sites is 1. The van der Waals surface area contributed by atoms with Crippen molar-refractivity contribution in [3.05, 3.63) is 30.3 Å². The molecule has 1 aromatic carbocycles. The first kappa shape index (κ1) is 17.7. The van der Waals surface area contributed by atoms with Crippen LogP contribution in [0.15, 0.2) is 30.3 Å². The number of carbonyl (C=O) groups is 1. The monoisotopic (exact) mass is 316 g/mol. The molecule has 0 amide bonds. The van der Waals surface area contributed by atoms with Gasteiger partial charge in [-0.1, -0.05) is 18.2 Å². The molecule has 0 radical (unpaired) electrons. The molecule has 0 saturated carbocycles. The molecule has 0 aromatic heterocycles. The molecule has 0 bridgehead atoms. The maximum atomic E-state index is 12.8. The van der Waals surface area contributed by atoms with Gasteiger partial charge < -0.3 is 18.5 Å². The molecule has 1 aromatic rings. The lowest BCUT2D eigenvalue weighted by Gasteiger charge is -2.25. The SMILES string of the molecule is CCOC(=O)C(Oc1ccccc1)P(=O)(OCC)OCC. The van der Waals surface area contributed by atoms with Crippen molar-refractivity contribution in [2.45, 2.75) is 26.6 Å². The Labute approximate surface area is 124 Å². The van der Waals surface area contributed by atoms with E-state index >= 15 is 0 Å². The highest BCUT2D eigenvalue weighted by Gasteiger charge is 2.44. The maximum Gasteiger partial charge on any atom is 0.382 e. The summed E-state index contributed by atoms with van der Waals surface area (Å²) in [6.45, 7) is 5.39. The summed E-state index contributed by atoms with van der Waals surface area (Å²) >= 11 is 0. The molecule has 7 heteroatoms. The molecule has 118 valence electrons. The molecule has 0 fully saturated rings. The van der Waals surface area contributed by atoms with Gasteiger partial charge in [0.05, 0.1) is 19.8 Å². The van der Waals surface area contributed by atoms with Crippen LogP contribution in [0.3, 0.4) is 0 Å². The van der Waals surface area contributed by atoms with Gasteiger partial charge in [0.25, 0.3) is 5.85 Å². The van der Waals surface area contributed by atoms with Crippen molar-refractivity contribution < 1.29 is 27.9 Å². The van der Waals surface area contributed by atoms with Crippen LogP contribution < -0.4 is 4.74 Å². The Morgan fingerprint density at radius 1 is 1.05 bits per heavy atom. The third kappa shape index (κ3) is 5.16. The quantitative estimate of drug-likeness (QED) is 0.514. The molecule has 0 aliphatic carbocycles. The minimum atomic E-state index is -3.78. The van der Waals surface area contributed by atoms with Gasteiger partial charge in [0.1, 0.15) is 5.75 Å². The lowest BCUT2D eigenvalue weighted by molar-refractivity contribution is -0.148. The van der Waals surface area contributed by atoms with Crippen molar-refractivity contribution in [3.63, 3.8) is 0 Å². The molecule has 21 heavy (non-hydrogen) atoms. The molecular weight excluding hydrogens is 295 g/mol. The van der Waals surface area contributed by atoms with Crippen molar-refractivity contribution in [3.8, 4) is 5.75 Å². The fourth-order valence-electron chi connectivity index (χ4n) is 1.62. The van der Waals surface area contributed by atoms with E-state index in [1.165, 1.54) is 0 Å². The Bertz CT molecular complexity index is 466. The normalized spacial score (nSPS) is 12.7. The Morgan fingerprint density at radius 3 is 2.10 bits per heavy atom. The number of hydrogen-bond acceptors (Lipinski definition) is 6. The van der Waals surface area contributed by atoms with E-state index in [1.54, 1.807) is 51.1 Å². The van der Waals surface area contributed by atoms with Gasteiger partial charge in [-0.25, -0.2) is 4.79 Å². The van der Waals surface area contributed by atoms with Crippen LogP contribution in [0.25, 0.3) is 0 Å². The first-order chi connectivity index (χ1) is 10.1. The van der Waals surface area contributed by atoms with Crippen LogP contribution in [-0.2, 0) is 23.1 Å². The van der Waals surface area contributed by atoms with E-state index in [0.29, 0.717) is 5.75 Å². The molecule has 0 N–H and O–H groups in total. The fraction of sp³-hybridized carbons (Fsp3) is 0.500. The van der Waals surface area contributed by atoms with Gasteiger partial charge in [0, 0.05) is 0 Å². The molecule has 0 saturated heterocycles. The lowest BCUT2D eigenvalue weighted by atomic mass is 10.3. The van der Waals surface area contributed by atoms with E-state index in [1.807, 2.05) is 0 Å². The summed E-state index contributed by atoms with van der Waals surface area (Å²) in [6, 6.07) is 8.58. The molecule has 1 rings (SSSR count). The number of rotatable bonds is 9. The standard InChI is InChI=1S/C14H21O6P/c1-4-17-13(15)14(20-12-10-8-7-9-11-12)21(16,18-5-2)19-6-3/h7-11,14H,4-6H2,1-3H3. The highest BCUT2D eigenvalue weighted by atomic mass is 31.2. The molecule has 1 atom stereocenters. The summed E-state index contributed by atoms with van der Waals surface area (Å²) in [5, 5.41) is 0. The summed E-state index contributed by atoms with van der Waals surface area (Å²) in [6.07, 6.45) is 0. The van der Waals surface area contributed by atoms with Crippen molar-refractivity contribution in [1.82, 2.24) is 0 Å². The average molecular weight is 316 g/mol. The van der Waals surface area contributed by atoms with Crippen molar-refractivity contribution in [2.24, 2.45) is 0 Å². The van der Waals surface area contributed by atoms with Crippen LogP contribution in [-0.4, -0.2) is 31.6 Å². The van der Waals surface area contributed by atoms with Crippen LogP contribution in [0.1, 0.15) is 20.8 Å². The summed E-state index contributed by atoms with van der Waals surface area (Å²) in [7, 11) is -3.78. The smallest absolute Gasteiger partial charge is 0.382 e. The van der Waals surface area contributed by atoms with E-state index in [4.69, 9.17) is 18.5 Å². The van der Waals surface area contributed by atoms with Gasteiger partial charge >= 0.3 is 13.6 Å². The van der Waals surface area contributed by atoms with Gasteiger partial charge in [0.15, 0.2) is 0 Å². The van der Waals surface area contributed by atoms with Gasteiger partial charge in [-0.05, 0) is 32.9 Å². The Balaban J connectivity index is 3.05. The van der Waals surface area contributed by atoms with E-state index in [0.717, 1.165) is 0 Å². The van der Waals surface area contributed by atoms with Crippen molar-refractivity contribution >= 4 is 13.6 Å². The third-order valence-electron chi connectivity index (χ3n) is 2.38. The van der Waals surface area contributed by atoms with Crippen molar-refractivity contribution in [2.75, 3.05) is 19.8 Å². The Hall–Kier alpha value is -1.36. The molecule has 0 heterocycles. The third-order valence-corrected chi connectivity index (χ3v) is 4.51. The summed E-state index contributed by atoms with van der Waals surface area (Å²) in [5.74, 6) is -1.83. The summed E-state index contributed by atoms with van der Waals surface area (Å²) in [4.78, 5) is 12.1. The Kier molecular flexibility index (Phi) is 7.43. The summed E-state index contributed by atoms with van der Waals surface area (Å²) < 4.78 is 33.6. The molecule has 1 unspecified atom stereocenters. The molecule has 0 aliphatic heterocycles. The van der Waals surface area contributed by atoms with Crippen LogP contribution in [0.4, 0.5) is 0 Å². The predicted molar refractivity (Wildman–Crippen MR) is 78.3 cm³/mol. The minimum Gasteiger partial charge on any atom is -0.466 e. The largest absolute Gasteiger partial charge is 0.466 e. The predicted octanol–water partition coefficient (Wildman–Crippen LogP) is 3.22. The Morgan fingerprint density at radius 2 is 1.62 bits per heavy atom. The summed E-state index contributed by atoms with van der Waals surface area (Å²) in [5.41, 5.74) is 0. The number of ether oxygens (including phenoxy) is 2. The van der Waals surface area contributed by atoms with E-state index in [2.05, 4.69) is 0 Å². The van der Waals surface area contributed by atoms with Crippen LogP contribution in [0.2, 0.25) is 0 Å². The van der Waals surface area contributed by atoms with E-state index in [9.17, 15) is 9.36 Å². The van der Waals surface area contributed by atoms with Crippen molar-refractivity contribution in [1.29, 1.82) is 0 Å². The zero-order valence-electron chi connectivity index (χ0n) is 12.5. The number of hydrogen-bond donors (Lipinski definition) is 0. The van der Waals surface area contributed by atoms with Crippen LogP contribution >= 0.6 is 7.60 Å². The second-order valence-corrected chi connectivity index (χ2v) is 5.98. The first-order valence-corrected chi connectivity index (χ1v) is 8.45. The van der Waals surface area contributed by atoms with E-state index < -0.39 is 19.4 Å². The number of benzene rings is 1. The van der Waals surface area contributed by atoms with Gasteiger partial charge in [-0.15, -0.1) is 0 Å². The molecule has 0 spiro atoms. The van der Waals surface area contributed by atoms with E-state index in [-0.39, 0.29) is 19.8 Å². The minimum absolute atomic E-state index is 0.130. The van der Waals surface area contributed by atoms with Crippen LogP contribution in [0, 0.1) is 0 Å². The molecule has 6 nitrogen and oxygen atoms in total. The maximum absolute atomic E-state index is 12.8. The zero-order chi connectivity index (χ0) is 15.7. The highest BCUT2D eigenvalue weighted by molar-refractivity contribution is 7.55. The highest BCUT2D eigenvalue weighted by Crippen LogP contribution is 2.53. The topological polar surface area (TPSA) is 71.1 Å². The average Bonchev–Trinajstić information content (AvgIpc) is 2.46. The second-order valence-electron chi connectivity index (χ2n) is 3.91. The first-order valence-electron chi connectivity index (χ1n) is 6.84. The van der Waals surface area contributed by atoms with Crippen LogP contribution in [0.5, 0.6) is 5.75 Å². The van der Waals surface area contributed by atoms with Gasteiger partial charge in [-0.2, -0.15) is 0 Å². The molecule has 0 aliphatic rings.